The molecule has 7 nitrogen and oxygen atoms in total. The summed E-state index contributed by atoms with van der Waals surface area (Å²) >= 11 is 0. The summed E-state index contributed by atoms with van der Waals surface area (Å²) in [6.45, 7) is 1.39. The van der Waals surface area contributed by atoms with Gasteiger partial charge in [0.2, 0.25) is 0 Å². The number of para-hydroxylation sites is 1. The number of benzene rings is 1. The lowest BCUT2D eigenvalue weighted by Crippen LogP contribution is -2.39. The van der Waals surface area contributed by atoms with E-state index in [0.29, 0.717) is 31.8 Å². The molecule has 0 saturated carbocycles. The molecule has 0 aliphatic carbocycles. The van der Waals surface area contributed by atoms with Gasteiger partial charge in [-0.25, -0.2) is 4.79 Å². The Morgan fingerprint density at radius 1 is 1.16 bits per heavy atom. The Balaban J connectivity index is 1.43. The van der Waals surface area contributed by atoms with E-state index in [4.69, 9.17) is 13.9 Å². The third-order valence-electron chi connectivity index (χ3n) is 4.50. The van der Waals surface area contributed by atoms with Crippen molar-refractivity contribution in [3.05, 3.63) is 48.2 Å². The van der Waals surface area contributed by atoms with Crippen LogP contribution < -0.4 is 4.74 Å². The van der Waals surface area contributed by atoms with Gasteiger partial charge in [0.05, 0.1) is 13.1 Å². The molecule has 2 amide bonds. The summed E-state index contributed by atoms with van der Waals surface area (Å²) in [6, 6.07) is 12.4. The van der Waals surface area contributed by atoms with Crippen LogP contribution in [0.5, 0.6) is 11.7 Å². The molecule has 1 aromatic heterocycles. The van der Waals surface area contributed by atoms with Crippen molar-refractivity contribution >= 4 is 12.0 Å². The number of ether oxygens (including phenoxy) is 2. The molecule has 1 spiro atoms. The lowest BCUT2D eigenvalue weighted by molar-refractivity contribution is 0.0537. The smallest absolute Gasteiger partial charge is 0.410 e. The molecule has 2 fully saturated rings. The second-order valence-electron chi connectivity index (χ2n) is 6.42. The van der Waals surface area contributed by atoms with Crippen LogP contribution in [0.15, 0.2) is 46.9 Å². The van der Waals surface area contributed by atoms with Crippen LogP contribution in [-0.4, -0.2) is 54.1 Å². The molecular formula is C18H18N2O5. The minimum Gasteiger partial charge on any atom is -0.439 e. The Labute approximate surface area is 144 Å². The minimum atomic E-state index is -0.600. The van der Waals surface area contributed by atoms with E-state index in [1.165, 1.54) is 4.90 Å². The Morgan fingerprint density at radius 3 is 2.68 bits per heavy atom. The number of likely N-dealkylation sites (N-methyl/N-ethyl adjacent to an activating group) is 1. The van der Waals surface area contributed by atoms with Gasteiger partial charge in [0.1, 0.15) is 5.75 Å². The third kappa shape index (κ3) is 2.93. The van der Waals surface area contributed by atoms with Crippen LogP contribution in [-0.2, 0) is 4.74 Å². The highest BCUT2D eigenvalue weighted by Crippen LogP contribution is 2.33. The van der Waals surface area contributed by atoms with Crippen LogP contribution in [0.4, 0.5) is 4.79 Å². The SMILES string of the molecule is CN1CC2(CCN(C(=O)c3ccc(Oc4ccccc4)o3)C2)OC1=O. The highest BCUT2D eigenvalue weighted by molar-refractivity contribution is 5.92. The fraction of sp³-hybridized carbons (Fsp3) is 0.333. The Hall–Kier alpha value is -2.96. The molecule has 0 radical (unpaired) electrons. The van der Waals surface area contributed by atoms with Crippen molar-refractivity contribution in [2.24, 2.45) is 0 Å². The lowest BCUT2D eigenvalue weighted by atomic mass is 10.0. The van der Waals surface area contributed by atoms with E-state index in [1.54, 1.807) is 36.2 Å². The van der Waals surface area contributed by atoms with E-state index in [1.807, 2.05) is 18.2 Å². The molecule has 0 bridgehead atoms. The molecule has 1 unspecified atom stereocenters. The van der Waals surface area contributed by atoms with Gasteiger partial charge < -0.3 is 23.7 Å². The summed E-state index contributed by atoms with van der Waals surface area (Å²) in [7, 11) is 1.70. The Morgan fingerprint density at radius 2 is 1.96 bits per heavy atom. The summed E-state index contributed by atoms with van der Waals surface area (Å²) in [5.41, 5.74) is -0.600. The second kappa shape index (κ2) is 5.84. The number of rotatable bonds is 3. The minimum absolute atomic E-state index is 0.209. The maximum atomic E-state index is 12.6. The van der Waals surface area contributed by atoms with Crippen LogP contribution >= 0.6 is 0 Å². The molecule has 2 saturated heterocycles. The van der Waals surface area contributed by atoms with Gasteiger partial charge in [0, 0.05) is 26.1 Å². The number of amides is 2. The van der Waals surface area contributed by atoms with Crippen molar-refractivity contribution in [2.45, 2.75) is 12.0 Å². The third-order valence-corrected chi connectivity index (χ3v) is 4.50. The molecule has 0 N–H and O–H groups in total. The first-order valence-corrected chi connectivity index (χ1v) is 8.11. The number of hydrogen-bond acceptors (Lipinski definition) is 5. The van der Waals surface area contributed by atoms with Crippen molar-refractivity contribution < 1.29 is 23.5 Å². The zero-order valence-corrected chi connectivity index (χ0v) is 13.8. The van der Waals surface area contributed by atoms with E-state index in [9.17, 15) is 9.59 Å². The van der Waals surface area contributed by atoms with Crippen LogP contribution in [0.2, 0.25) is 0 Å². The molecule has 2 aliphatic heterocycles. The molecule has 1 aromatic carbocycles. The number of hydrogen-bond donors (Lipinski definition) is 0. The van der Waals surface area contributed by atoms with Crippen molar-refractivity contribution in [1.82, 2.24) is 9.80 Å². The second-order valence-corrected chi connectivity index (χ2v) is 6.42. The number of nitrogens with zero attached hydrogens (tertiary/aromatic N) is 2. The fourth-order valence-electron chi connectivity index (χ4n) is 3.27. The summed E-state index contributed by atoms with van der Waals surface area (Å²) < 4.78 is 16.6. The average Bonchev–Trinajstić information content (AvgIpc) is 3.29. The van der Waals surface area contributed by atoms with Gasteiger partial charge in [-0.05, 0) is 18.2 Å². The molecule has 2 aliphatic rings. The maximum absolute atomic E-state index is 12.6. The normalized spacial score (nSPS) is 22.5. The van der Waals surface area contributed by atoms with Crippen LogP contribution in [0, 0.1) is 0 Å². The molecule has 7 heteroatoms. The molecule has 1 atom stereocenters. The topological polar surface area (TPSA) is 72.2 Å². The van der Waals surface area contributed by atoms with Crippen molar-refractivity contribution in [1.29, 1.82) is 0 Å². The molecule has 130 valence electrons. The van der Waals surface area contributed by atoms with Crippen LogP contribution in [0.25, 0.3) is 0 Å². The van der Waals surface area contributed by atoms with Gasteiger partial charge in [-0.1, -0.05) is 18.2 Å². The number of likely N-dealkylation sites (tertiary alicyclic amines) is 1. The summed E-state index contributed by atoms with van der Waals surface area (Å²) in [5.74, 6) is 0.874. The van der Waals surface area contributed by atoms with Crippen LogP contribution in [0.1, 0.15) is 17.0 Å². The monoisotopic (exact) mass is 342 g/mol. The molecular weight excluding hydrogens is 324 g/mol. The van der Waals surface area contributed by atoms with E-state index in [0.717, 1.165) is 0 Å². The van der Waals surface area contributed by atoms with Gasteiger partial charge in [-0.3, -0.25) is 4.79 Å². The van der Waals surface area contributed by atoms with E-state index in [-0.39, 0.29) is 23.7 Å². The largest absolute Gasteiger partial charge is 0.439 e. The van der Waals surface area contributed by atoms with Gasteiger partial charge >= 0.3 is 6.09 Å². The van der Waals surface area contributed by atoms with E-state index >= 15 is 0 Å². The summed E-state index contributed by atoms with van der Waals surface area (Å²) in [5, 5.41) is 0. The summed E-state index contributed by atoms with van der Waals surface area (Å²) in [4.78, 5) is 27.4. The molecule has 2 aromatic rings. The zero-order valence-electron chi connectivity index (χ0n) is 13.8. The first-order chi connectivity index (χ1) is 12.0. The number of furan rings is 1. The predicted molar refractivity (Wildman–Crippen MR) is 87.6 cm³/mol. The maximum Gasteiger partial charge on any atom is 0.410 e. The average molecular weight is 342 g/mol. The number of carbonyl (C=O) groups excluding carboxylic acids is 2. The van der Waals surface area contributed by atoms with E-state index < -0.39 is 5.60 Å². The van der Waals surface area contributed by atoms with Gasteiger partial charge in [-0.15, -0.1) is 0 Å². The first kappa shape index (κ1) is 15.6. The van der Waals surface area contributed by atoms with Gasteiger partial charge in [0.25, 0.3) is 11.9 Å². The van der Waals surface area contributed by atoms with Crippen molar-refractivity contribution in [3.8, 4) is 11.7 Å². The number of carbonyl (C=O) groups is 2. The Bertz CT molecular complexity index is 803. The van der Waals surface area contributed by atoms with E-state index in [2.05, 4.69) is 0 Å². The lowest BCUT2D eigenvalue weighted by Gasteiger charge is -2.21. The first-order valence-electron chi connectivity index (χ1n) is 8.11. The van der Waals surface area contributed by atoms with Gasteiger partial charge in [0.15, 0.2) is 11.4 Å². The predicted octanol–water partition coefficient (Wildman–Crippen LogP) is 2.74. The van der Waals surface area contributed by atoms with Crippen molar-refractivity contribution in [2.75, 3.05) is 26.7 Å². The summed E-state index contributed by atoms with van der Waals surface area (Å²) in [6.07, 6.45) is 0.286. The molecule has 4 rings (SSSR count). The highest BCUT2D eigenvalue weighted by Gasteiger charge is 2.49. The quantitative estimate of drug-likeness (QED) is 0.858. The zero-order chi connectivity index (χ0) is 17.4. The molecule has 25 heavy (non-hydrogen) atoms. The fourth-order valence-corrected chi connectivity index (χ4v) is 3.27. The highest BCUT2D eigenvalue weighted by atomic mass is 16.6. The van der Waals surface area contributed by atoms with Crippen LogP contribution in [0.3, 0.4) is 0 Å². The Kier molecular flexibility index (Phi) is 3.63. The van der Waals surface area contributed by atoms with Gasteiger partial charge in [-0.2, -0.15) is 0 Å². The van der Waals surface area contributed by atoms with Crippen molar-refractivity contribution in [3.63, 3.8) is 0 Å². The standard InChI is InChI=1S/C18H18N2O5/c1-19-11-18(25-17(19)22)9-10-20(12-18)16(21)14-7-8-15(24-14)23-13-5-3-2-4-6-13/h2-8H,9-12H2,1H3. The molecule has 3 heterocycles.